The van der Waals surface area contributed by atoms with Crippen LogP contribution in [-0.2, 0) is 4.79 Å². The van der Waals surface area contributed by atoms with Crippen molar-refractivity contribution in [1.29, 1.82) is 0 Å². The standard InChI is InChI=1S/C13H17ClFNO2/c1-3-16(4-2)12(8-13(17)18)10-6-5-9(14)7-11(10)15/h5-7,12H,3-4,8H2,1-2H3,(H,17,18). The summed E-state index contributed by atoms with van der Waals surface area (Å²) in [6.07, 6.45) is -0.125. The summed E-state index contributed by atoms with van der Waals surface area (Å²) in [7, 11) is 0. The van der Waals surface area contributed by atoms with Crippen LogP contribution in [-0.4, -0.2) is 29.1 Å². The van der Waals surface area contributed by atoms with Gasteiger partial charge in [0.05, 0.1) is 6.42 Å². The maximum Gasteiger partial charge on any atom is 0.305 e. The molecule has 0 heterocycles. The first kappa shape index (κ1) is 14.9. The lowest BCUT2D eigenvalue weighted by atomic mass is 10.0. The van der Waals surface area contributed by atoms with Crippen molar-refractivity contribution < 1.29 is 14.3 Å². The first-order valence-electron chi connectivity index (χ1n) is 5.90. The van der Waals surface area contributed by atoms with Gasteiger partial charge in [-0.1, -0.05) is 31.5 Å². The van der Waals surface area contributed by atoms with E-state index in [1.54, 1.807) is 12.1 Å². The van der Waals surface area contributed by atoms with E-state index in [1.165, 1.54) is 6.07 Å². The van der Waals surface area contributed by atoms with Crippen molar-refractivity contribution in [3.63, 3.8) is 0 Å². The Morgan fingerprint density at radius 3 is 2.50 bits per heavy atom. The number of aliphatic carboxylic acids is 1. The molecule has 0 bridgehead atoms. The van der Waals surface area contributed by atoms with Crippen LogP contribution in [0.15, 0.2) is 18.2 Å². The lowest BCUT2D eigenvalue weighted by molar-refractivity contribution is -0.138. The van der Waals surface area contributed by atoms with Crippen molar-refractivity contribution in [3.8, 4) is 0 Å². The summed E-state index contributed by atoms with van der Waals surface area (Å²) in [5.74, 6) is -1.40. The molecule has 0 aromatic heterocycles. The average molecular weight is 274 g/mol. The largest absolute Gasteiger partial charge is 0.481 e. The molecule has 0 saturated heterocycles. The topological polar surface area (TPSA) is 40.5 Å². The number of rotatable bonds is 6. The molecule has 0 radical (unpaired) electrons. The molecule has 100 valence electrons. The van der Waals surface area contributed by atoms with Gasteiger partial charge in [-0.2, -0.15) is 0 Å². The third-order valence-corrected chi connectivity index (χ3v) is 3.18. The van der Waals surface area contributed by atoms with Crippen LogP contribution in [0.3, 0.4) is 0 Å². The van der Waals surface area contributed by atoms with Gasteiger partial charge in [0.25, 0.3) is 0 Å². The molecular formula is C13H17ClFNO2. The summed E-state index contributed by atoms with van der Waals surface area (Å²) in [6, 6.07) is 3.90. The summed E-state index contributed by atoms with van der Waals surface area (Å²) in [6.45, 7) is 5.17. The molecule has 0 aliphatic rings. The predicted molar refractivity (Wildman–Crippen MR) is 69.3 cm³/mol. The smallest absolute Gasteiger partial charge is 0.305 e. The van der Waals surface area contributed by atoms with Gasteiger partial charge in [-0.05, 0) is 25.2 Å². The van der Waals surface area contributed by atoms with Crippen molar-refractivity contribution in [3.05, 3.63) is 34.6 Å². The minimum absolute atomic E-state index is 0.125. The summed E-state index contributed by atoms with van der Waals surface area (Å²) < 4.78 is 13.9. The molecule has 1 rings (SSSR count). The maximum atomic E-state index is 13.9. The minimum atomic E-state index is -0.943. The molecular weight excluding hydrogens is 257 g/mol. The van der Waals surface area contributed by atoms with Crippen molar-refractivity contribution in [2.24, 2.45) is 0 Å². The van der Waals surface area contributed by atoms with Crippen molar-refractivity contribution in [2.75, 3.05) is 13.1 Å². The number of hydrogen-bond acceptors (Lipinski definition) is 2. The van der Waals surface area contributed by atoms with Gasteiger partial charge in [0.1, 0.15) is 5.82 Å². The maximum absolute atomic E-state index is 13.9. The van der Waals surface area contributed by atoms with E-state index in [9.17, 15) is 9.18 Å². The minimum Gasteiger partial charge on any atom is -0.481 e. The number of hydrogen-bond donors (Lipinski definition) is 1. The first-order chi connectivity index (χ1) is 8.49. The Kier molecular flexibility index (Phi) is 5.56. The summed E-state index contributed by atoms with van der Waals surface area (Å²) in [5, 5.41) is 9.27. The fraction of sp³-hybridized carbons (Fsp3) is 0.462. The Bertz CT molecular complexity index is 421. The Morgan fingerprint density at radius 2 is 2.06 bits per heavy atom. The van der Waals surface area contributed by atoms with E-state index in [0.717, 1.165) is 0 Å². The van der Waals surface area contributed by atoms with Crippen LogP contribution in [0.1, 0.15) is 31.9 Å². The van der Waals surface area contributed by atoms with Crippen molar-refractivity contribution >= 4 is 17.6 Å². The van der Waals surface area contributed by atoms with Gasteiger partial charge in [-0.3, -0.25) is 9.69 Å². The van der Waals surface area contributed by atoms with E-state index in [2.05, 4.69) is 0 Å². The van der Waals surface area contributed by atoms with Crippen LogP contribution in [0.5, 0.6) is 0 Å². The Balaban J connectivity index is 3.11. The van der Waals surface area contributed by atoms with Crippen LogP contribution in [0.25, 0.3) is 0 Å². The SMILES string of the molecule is CCN(CC)C(CC(=O)O)c1ccc(Cl)cc1F. The molecule has 0 saturated carbocycles. The molecule has 1 unspecified atom stereocenters. The molecule has 1 N–H and O–H groups in total. The predicted octanol–water partition coefficient (Wildman–Crippen LogP) is 3.34. The molecule has 0 amide bonds. The van der Waals surface area contributed by atoms with Gasteiger partial charge in [-0.25, -0.2) is 4.39 Å². The molecule has 18 heavy (non-hydrogen) atoms. The molecule has 0 aliphatic carbocycles. The van der Waals surface area contributed by atoms with Gasteiger partial charge in [0.2, 0.25) is 0 Å². The Labute approximate surface area is 111 Å². The average Bonchev–Trinajstić information content (AvgIpc) is 2.29. The number of carboxylic acid groups (broad SMARTS) is 1. The molecule has 0 aliphatic heterocycles. The molecule has 1 aromatic carbocycles. The summed E-state index contributed by atoms with van der Waals surface area (Å²) >= 11 is 5.70. The second-order valence-electron chi connectivity index (χ2n) is 4.00. The van der Waals surface area contributed by atoms with E-state index in [1.807, 2.05) is 18.7 Å². The zero-order valence-corrected chi connectivity index (χ0v) is 11.2. The third kappa shape index (κ3) is 3.68. The lowest BCUT2D eigenvalue weighted by Gasteiger charge is -2.29. The highest BCUT2D eigenvalue weighted by atomic mass is 35.5. The van der Waals surface area contributed by atoms with Gasteiger partial charge >= 0.3 is 5.97 Å². The summed E-state index contributed by atoms with van der Waals surface area (Å²) in [5.41, 5.74) is 0.380. The van der Waals surface area contributed by atoms with Crippen LogP contribution < -0.4 is 0 Å². The monoisotopic (exact) mass is 273 g/mol. The fourth-order valence-corrected chi connectivity index (χ4v) is 2.20. The third-order valence-electron chi connectivity index (χ3n) is 2.94. The van der Waals surface area contributed by atoms with E-state index in [-0.39, 0.29) is 6.42 Å². The van der Waals surface area contributed by atoms with Gasteiger partial charge in [0, 0.05) is 16.6 Å². The van der Waals surface area contributed by atoms with Gasteiger partial charge < -0.3 is 5.11 Å². The zero-order chi connectivity index (χ0) is 13.7. The highest BCUT2D eigenvalue weighted by Crippen LogP contribution is 2.28. The van der Waals surface area contributed by atoms with E-state index in [0.29, 0.717) is 23.7 Å². The Morgan fingerprint density at radius 1 is 1.44 bits per heavy atom. The molecule has 5 heteroatoms. The highest BCUT2D eigenvalue weighted by Gasteiger charge is 2.23. The lowest BCUT2D eigenvalue weighted by Crippen LogP contribution is -2.30. The number of nitrogens with zero attached hydrogens (tertiary/aromatic N) is 1. The summed E-state index contributed by atoms with van der Waals surface area (Å²) in [4.78, 5) is 12.8. The normalized spacial score (nSPS) is 12.7. The van der Waals surface area contributed by atoms with Crippen molar-refractivity contribution in [1.82, 2.24) is 4.90 Å². The van der Waals surface area contributed by atoms with Crippen LogP contribution in [0.2, 0.25) is 5.02 Å². The molecule has 1 atom stereocenters. The quantitative estimate of drug-likeness (QED) is 0.864. The number of carbonyl (C=O) groups is 1. The number of carboxylic acids is 1. The van der Waals surface area contributed by atoms with Gasteiger partial charge in [-0.15, -0.1) is 0 Å². The molecule has 3 nitrogen and oxygen atoms in total. The molecule has 0 spiro atoms. The van der Waals surface area contributed by atoms with Gasteiger partial charge in [0.15, 0.2) is 0 Å². The fourth-order valence-electron chi connectivity index (χ4n) is 2.04. The van der Waals surface area contributed by atoms with E-state index < -0.39 is 17.8 Å². The highest BCUT2D eigenvalue weighted by molar-refractivity contribution is 6.30. The molecule has 0 fully saturated rings. The first-order valence-corrected chi connectivity index (χ1v) is 6.28. The number of halogens is 2. The van der Waals surface area contributed by atoms with Crippen LogP contribution in [0.4, 0.5) is 4.39 Å². The second kappa shape index (κ2) is 6.71. The number of benzene rings is 1. The second-order valence-corrected chi connectivity index (χ2v) is 4.44. The van der Waals surface area contributed by atoms with E-state index >= 15 is 0 Å². The van der Waals surface area contributed by atoms with Crippen LogP contribution >= 0.6 is 11.6 Å². The zero-order valence-electron chi connectivity index (χ0n) is 10.5. The van der Waals surface area contributed by atoms with E-state index in [4.69, 9.17) is 16.7 Å². The Hall–Kier alpha value is -1.13. The van der Waals surface area contributed by atoms with Crippen LogP contribution in [0, 0.1) is 5.82 Å². The van der Waals surface area contributed by atoms with Crippen molar-refractivity contribution in [2.45, 2.75) is 26.3 Å². The molecule has 1 aromatic rings.